The van der Waals surface area contributed by atoms with Gasteiger partial charge in [-0.1, -0.05) is 54.5 Å². The van der Waals surface area contributed by atoms with Crippen molar-refractivity contribution in [3.63, 3.8) is 0 Å². The fraction of sp³-hybridized carbons (Fsp3) is 0.700. The third-order valence-electron chi connectivity index (χ3n) is 4.59. The van der Waals surface area contributed by atoms with Crippen LogP contribution in [0.2, 0.25) is 0 Å². The summed E-state index contributed by atoms with van der Waals surface area (Å²) >= 11 is 7.19. The number of hydrogen-bond acceptors (Lipinski definition) is 3. The second-order valence-corrected chi connectivity index (χ2v) is 7.87. The van der Waals surface area contributed by atoms with E-state index >= 15 is 0 Å². The Bertz CT molecular complexity index is 487. The van der Waals surface area contributed by atoms with E-state index in [0.29, 0.717) is 11.5 Å². The summed E-state index contributed by atoms with van der Waals surface area (Å²) in [5.74, 6) is 2.14. The maximum absolute atomic E-state index is 5.57. The van der Waals surface area contributed by atoms with Crippen LogP contribution >= 0.6 is 31.9 Å². The number of halogens is 2. The zero-order chi connectivity index (χ0) is 18.7. The fourth-order valence-corrected chi connectivity index (χ4v) is 4.41. The molecule has 1 aromatic rings. The van der Waals surface area contributed by atoms with E-state index in [9.17, 15) is 0 Å². The molecule has 0 saturated heterocycles. The second-order valence-electron chi connectivity index (χ2n) is 6.28. The highest BCUT2D eigenvalue weighted by Crippen LogP contribution is 2.47. The first-order valence-electron chi connectivity index (χ1n) is 9.15. The van der Waals surface area contributed by atoms with Gasteiger partial charge in [-0.05, 0) is 53.2 Å². The van der Waals surface area contributed by atoms with E-state index in [4.69, 9.17) is 14.2 Å². The van der Waals surface area contributed by atoms with Gasteiger partial charge in [0, 0.05) is 5.33 Å². The number of benzene rings is 1. The molecule has 3 nitrogen and oxygen atoms in total. The van der Waals surface area contributed by atoms with Crippen LogP contribution in [-0.4, -0.2) is 26.7 Å². The highest BCUT2D eigenvalue weighted by Gasteiger charge is 2.22. The second kappa shape index (κ2) is 12.9. The van der Waals surface area contributed by atoms with E-state index in [2.05, 4.69) is 38.8 Å². The molecule has 0 aliphatic rings. The molecule has 0 unspecified atom stereocenters. The molecular weight excluding hydrogens is 448 g/mol. The summed E-state index contributed by atoms with van der Waals surface area (Å²) in [7, 11) is 4.98. The predicted octanol–water partition coefficient (Wildman–Crippen LogP) is 6.84. The van der Waals surface area contributed by atoms with Crippen LogP contribution in [0.1, 0.15) is 62.5 Å². The van der Waals surface area contributed by atoms with Crippen LogP contribution in [0.25, 0.3) is 0 Å². The van der Waals surface area contributed by atoms with Crippen molar-refractivity contribution in [3.8, 4) is 17.2 Å². The monoisotopic (exact) mass is 478 g/mol. The zero-order valence-electron chi connectivity index (χ0n) is 16.1. The summed E-state index contributed by atoms with van der Waals surface area (Å²) in [5.41, 5.74) is 2.38. The highest BCUT2D eigenvalue weighted by molar-refractivity contribution is 9.10. The Kier molecular flexibility index (Phi) is 11.6. The molecule has 1 rings (SSSR count). The Labute approximate surface area is 170 Å². The minimum atomic E-state index is 0.654. The number of ether oxygens (including phenoxy) is 3. The summed E-state index contributed by atoms with van der Waals surface area (Å²) < 4.78 is 17.6. The molecule has 25 heavy (non-hydrogen) atoms. The van der Waals surface area contributed by atoms with Gasteiger partial charge in [0.25, 0.3) is 0 Å². The average Bonchev–Trinajstić information content (AvgIpc) is 2.62. The predicted molar refractivity (Wildman–Crippen MR) is 113 cm³/mol. The first-order chi connectivity index (χ1) is 12.1. The van der Waals surface area contributed by atoms with E-state index in [-0.39, 0.29) is 0 Å². The first kappa shape index (κ1) is 22.6. The van der Waals surface area contributed by atoms with Gasteiger partial charge >= 0.3 is 0 Å². The number of hydrogen-bond donors (Lipinski definition) is 0. The first-order valence-corrected chi connectivity index (χ1v) is 11.1. The maximum atomic E-state index is 5.57. The van der Waals surface area contributed by atoms with Gasteiger partial charge in [-0.2, -0.15) is 0 Å². The van der Waals surface area contributed by atoms with E-state index in [1.165, 1.54) is 56.9 Å². The Morgan fingerprint density at radius 3 is 1.64 bits per heavy atom. The van der Waals surface area contributed by atoms with Crippen molar-refractivity contribution in [3.05, 3.63) is 15.6 Å². The lowest BCUT2D eigenvalue weighted by atomic mass is 9.99. The molecule has 5 heteroatoms. The summed E-state index contributed by atoms with van der Waals surface area (Å²) in [6.45, 7) is 2.09. The van der Waals surface area contributed by atoms with Crippen molar-refractivity contribution in [2.24, 2.45) is 0 Å². The van der Waals surface area contributed by atoms with Gasteiger partial charge in [-0.15, -0.1) is 0 Å². The van der Waals surface area contributed by atoms with Crippen molar-refractivity contribution in [1.29, 1.82) is 0 Å². The number of alkyl halides is 1. The normalized spacial score (nSPS) is 10.8. The number of unbranched alkanes of at least 4 members (excludes halogenated alkanes) is 7. The Morgan fingerprint density at radius 1 is 0.680 bits per heavy atom. The van der Waals surface area contributed by atoms with Gasteiger partial charge in [0.05, 0.1) is 25.8 Å². The van der Waals surface area contributed by atoms with Gasteiger partial charge in [0.1, 0.15) is 0 Å². The molecule has 0 fully saturated rings. The Balaban J connectivity index is 2.58. The van der Waals surface area contributed by atoms with Gasteiger partial charge in [-0.3, -0.25) is 0 Å². The van der Waals surface area contributed by atoms with Gasteiger partial charge < -0.3 is 14.2 Å². The van der Waals surface area contributed by atoms with Crippen LogP contribution in [0.3, 0.4) is 0 Å². The van der Waals surface area contributed by atoms with Crippen LogP contribution in [0.15, 0.2) is 4.47 Å². The lowest BCUT2D eigenvalue weighted by Gasteiger charge is -2.20. The van der Waals surface area contributed by atoms with Crippen molar-refractivity contribution >= 4 is 31.9 Å². The highest BCUT2D eigenvalue weighted by atomic mass is 79.9. The Hall–Kier alpha value is -0.420. The average molecular weight is 480 g/mol. The molecule has 0 aliphatic heterocycles. The van der Waals surface area contributed by atoms with Gasteiger partial charge in [0.2, 0.25) is 5.75 Å². The standard InChI is InChI=1S/C20H32Br2O3/c1-15-16(13-11-9-7-5-6-8-10-12-14-21)17(22)19(24-3)20(25-4)18(15)23-2/h5-14H2,1-4H3. The molecule has 0 amide bonds. The molecule has 0 aliphatic carbocycles. The molecular formula is C20H32Br2O3. The number of methoxy groups -OCH3 is 3. The largest absolute Gasteiger partial charge is 0.492 e. The van der Waals surface area contributed by atoms with E-state index in [0.717, 1.165) is 27.5 Å². The maximum Gasteiger partial charge on any atom is 0.204 e. The fourth-order valence-electron chi connectivity index (χ4n) is 3.18. The molecule has 0 aromatic heterocycles. The smallest absolute Gasteiger partial charge is 0.204 e. The van der Waals surface area contributed by atoms with E-state index < -0.39 is 0 Å². The molecule has 0 spiro atoms. The van der Waals surface area contributed by atoms with Gasteiger partial charge in [0.15, 0.2) is 11.5 Å². The molecule has 0 N–H and O–H groups in total. The number of rotatable bonds is 13. The molecule has 144 valence electrons. The lowest BCUT2D eigenvalue weighted by Crippen LogP contribution is -2.03. The van der Waals surface area contributed by atoms with Crippen LogP contribution in [0.4, 0.5) is 0 Å². The molecule has 0 radical (unpaired) electrons. The molecule has 0 saturated carbocycles. The molecule has 1 aromatic carbocycles. The van der Waals surface area contributed by atoms with Crippen molar-refractivity contribution < 1.29 is 14.2 Å². The third-order valence-corrected chi connectivity index (χ3v) is 5.99. The topological polar surface area (TPSA) is 27.7 Å². The molecule has 0 atom stereocenters. The quantitative estimate of drug-likeness (QED) is 0.229. The van der Waals surface area contributed by atoms with Crippen molar-refractivity contribution in [2.45, 2.75) is 64.7 Å². The van der Waals surface area contributed by atoms with Crippen LogP contribution in [0.5, 0.6) is 17.2 Å². The minimum absolute atomic E-state index is 0.654. The van der Waals surface area contributed by atoms with Crippen molar-refractivity contribution in [1.82, 2.24) is 0 Å². The summed E-state index contributed by atoms with van der Waals surface area (Å²) in [4.78, 5) is 0. The molecule has 0 heterocycles. The lowest BCUT2D eigenvalue weighted by molar-refractivity contribution is 0.321. The third kappa shape index (κ3) is 6.67. The zero-order valence-corrected chi connectivity index (χ0v) is 19.2. The van der Waals surface area contributed by atoms with E-state index in [1.807, 2.05) is 0 Å². The summed E-state index contributed by atoms with van der Waals surface area (Å²) in [5, 5.41) is 1.13. The molecule has 0 bridgehead atoms. The SMILES string of the molecule is COc1c(C)c(CCCCCCCCCCBr)c(Br)c(OC)c1OC. The van der Waals surface area contributed by atoms with Crippen molar-refractivity contribution in [2.75, 3.05) is 26.7 Å². The van der Waals surface area contributed by atoms with Crippen LogP contribution in [0, 0.1) is 6.92 Å². The summed E-state index contributed by atoms with van der Waals surface area (Å²) in [6, 6.07) is 0. The van der Waals surface area contributed by atoms with Crippen LogP contribution < -0.4 is 14.2 Å². The van der Waals surface area contributed by atoms with Gasteiger partial charge in [-0.25, -0.2) is 0 Å². The van der Waals surface area contributed by atoms with E-state index in [1.54, 1.807) is 21.3 Å². The Morgan fingerprint density at radius 2 is 1.16 bits per heavy atom. The summed E-state index contributed by atoms with van der Waals surface area (Å²) in [6.07, 6.45) is 11.5. The van der Waals surface area contributed by atoms with Crippen LogP contribution in [-0.2, 0) is 6.42 Å². The minimum Gasteiger partial charge on any atom is -0.492 e.